The lowest BCUT2D eigenvalue weighted by atomic mass is 9.94. The Kier molecular flexibility index (Phi) is 4.71. The first-order valence-electron chi connectivity index (χ1n) is 8.46. The van der Waals surface area contributed by atoms with Crippen LogP contribution in [-0.2, 0) is 6.54 Å². The smallest absolute Gasteiger partial charge is 0.287 e. The van der Waals surface area contributed by atoms with Crippen molar-refractivity contribution in [2.45, 2.75) is 26.3 Å². The average molecular weight is 348 g/mol. The second kappa shape index (κ2) is 6.96. The van der Waals surface area contributed by atoms with Gasteiger partial charge in [-0.1, -0.05) is 62.4 Å². The highest BCUT2D eigenvalue weighted by atomic mass is 16.2. The molecule has 0 atom stereocenters. The Balaban J connectivity index is 2.38. The summed E-state index contributed by atoms with van der Waals surface area (Å²) in [5.74, 6) is -0.556. The molecular weight excluding hydrogens is 328 g/mol. The van der Waals surface area contributed by atoms with Crippen molar-refractivity contribution in [3.63, 3.8) is 0 Å². The van der Waals surface area contributed by atoms with E-state index in [-0.39, 0.29) is 23.9 Å². The van der Waals surface area contributed by atoms with Crippen LogP contribution in [0.5, 0.6) is 0 Å². The lowest BCUT2D eigenvalue weighted by molar-refractivity contribution is 0.102. The van der Waals surface area contributed by atoms with Crippen LogP contribution < -0.4 is 11.2 Å². The molecule has 0 spiro atoms. The van der Waals surface area contributed by atoms with Crippen molar-refractivity contribution in [3.05, 3.63) is 92.8 Å². The number of benzene rings is 2. The van der Waals surface area contributed by atoms with Crippen molar-refractivity contribution in [2.24, 2.45) is 0 Å². The molecule has 0 aliphatic rings. The van der Waals surface area contributed by atoms with Crippen LogP contribution in [0, 0.1) is 0 Å². The summed E-state index contributed by atoms with van der Waals surface area (Å²) in [6, 6.07) is 13.0. The summed E-state index contributed by atoms with van der Waals surface area (Å²) in [6.45, 7) is 7.45. The number of carbonyl (C=O) groups excluding carboxylic acids is 1. The summed E-state index contributed by atoms with van der Waals surface area (Å²) in [7, 11) is 0. The predicted octanol–water partition coefficient (Wildman–Crippen LogP) is 3.23. The maximum atomic E-state index is 13.4. The molecule has 0 bridgehead atoms. The molecule has 0 saturated heterocycles. The molecule has 0 amide bonds. The summed E-state index contributed by atoms with van der Waals surface area (Å²) in [5.41, 5.74) is -0.223. The van der Waals surface area contributed by atoms with Gasteiger partial charge in [0.25, 0.3) is 5.56 Å². The molecule has 0 aliphatic heterocycles. The summed E-state index contributed by atoms with van der Waals surface area (Å²) >= 11 is 0. The van der Waals surface area contributed by atoms with Crippen molar-refractivity contribution < 1.29 is 4.79 Å². The molecule has 5 heteroatoms. The Morgan fingerprint density at radius 3 is 2.54 bits per heavy atom. The normalized spacial score (nSPS) is 11.0. The molecule has 1 N–H and O–H groups in total. The van der Waals surface area contributed by atoms with E-state index in [9.17, 15) is 14.4 Å². The van der Waals surface area contributed by atoms with E-state index in [1.165, 1.54) is 10.6 Å². The van der Waals surface area contributed by atoms with Gasteiger partial charge in [-0.15, -0.1) is 6.58 Å². The quantitative estimate of drug-likeness (QED) is 0.568. The molecular formula is C21H20N2O3. The first kappa shape index (κ1) is 17.6. The van der Waals surface area contributed by atoms with E-state index in [4.69, 9.17) is 0 Å². The van der Waals surface area contributed by atoms with E-state index in [0.717, 1.165) is 10.8 Å². The fraction of sp³-hybridized carbons (Fsp3) is 0.190. The van der Waals surface area contributed by atoms with Crippen molar-refractivity contribution in [3.8, 4) is 0 Å². The molecule has 1 heterocycles. The maximum absolute atomic E-state index is 13.4. The number of ketones is 1. The summed E-state index contributed by atoms with van der Waals surface area (Å²) in [5, 5.41) is 1.71. The van der Waals surface area contributed by atoms with E-state index < -0.39 is 11.2 Å². The molecule has 132 valence electrons. The third-order valence-electron chi connectivity index (χ3n) is 4.37. The molecule has 0 saturated carbocycles. The van der Waals surface area contributed by atoms with Crippen LogP contribution in [0.1, 0.15) is 41.4 Å². The van der Waals surface area contributed by atoms with E-state index >= 15 is 0 Å². The van der Waals surface area contributed by atoms with Crippen molar-refractivity contribution in [1.29, 1.82) is 0 Å². The second-order valence-electron chi connectivity index (χ2n) is 6.43. The van der Waals surface area contributed by atoms with E-state index in [1.54, 1.807) is 12.1 Å². The van der Waals surface area contributed by atoms with Crippen LogP contribution in [0.2, 0.25) is 0 Å². The number of carbonyl (C=O) groups is 1. The Morgan fingerprint density at radius 2 is 1.85 bits per heavy atom. The molecule has 0 aliphatic carbocycles. The van der Waals surface area contributed by atoms with Gasteiger partial charge in [0.1, 0.15) is 5.69 Å². The Morgan fingerprint density at radius 1 is 1.15 bits per heavy atom. The van der Waals surface area contributed by atoms with Crippen LogP contribution in [0.4, 0.5) is 0 Å². The lowest BCUT2D eigenvalue weighted by Gasteiger charge is -2.17. The molecule has 3 aromatic rings. The topological polar surface area (TPSA) is 71.9 Å². The average Bonchev–Trinajstić information content (AvgIpc) is 2.62. The van der Waals surface area contributed by atoms with Gasteiger partial charge in [0.05, 0.1) is 0 Å². The van der Waals surface area contributed by atoms with Gasteiger partial charge >= 0.3 is 5.69 Å². The predicted molar refractivity (Wildman–Crippen MR) is 103 cm³/mol. The van der Waals surface area contributed by atoms with Gasteiger partial charge in [-0.05, 0) is 16.7 Å². The zero-order chi connectivity index (χ0) is 18.8. The van der Waals surface area contributed by atoms with Gasteiger partial charge in [-0.25, -0.2) is 4.79 Å². The van der Waals surface area contributed by atoms with Crippen LogP contribution in [0.3, 0.4) is 0 Å². The SMILES string of the molecule is C=CCn1c(C(=O)c2cccc3ccccc23)c(C(C)C)c(=O)[nH]c1=O. The molecule has 2 aromatic carbocycles. The first-order chi connectivity index (χ1) is 12.5. The van der Waals surface area contributed by atoms with Crippen molar-refractivity contribution in [2.75, 3.05) is 0 Å². The third-order valence-corrected chi connectivity index (χ3v) is 4.37. The van der Waals surface area contributed by atoms with Crippen LogP contribution in [0.15, 0.2) is 64.7 Å². The molecule has 5 nitrogen and oxygen atoms in total. The Labute approximate surface area is 150 Å². The first-order valence-corrected chi connectivity index (χ1v) is 8.46. The zero-order valence-corrected chi connectivity index (χ0v) is 14.8. The van der Waals surface area contributed by atoms with Gasteiger partial charge < -0.3 is 0 Å². The van der Waals surface area contributed by atoms with Crippen LogP contribution >= 0.6 is 0 Å². The fourth-order valence-corrected chi connectivity index (χ4v) is 3.22. The molecule has 0 fully saturated rings. The molecule has 0 radical (unpaired) electrons. The number of fused-ring (bicyclic) bond motifs is 1. The minimum absolute atomic E-state index is 0.130. The van der Waals surface area contributed by atoms with Gasteiger partial charge in [-0.2, -0.15) is 0 Å². The zero-order valence-electron chi connectivity index (χ0n) is 14.8. The highest BCUT2D eigenvalue weighted by Crippen LogP contribution is 2.24. The number of H-pyrrole nitrogens is 1. The summed E-state index contributed by atoms with van der Waals surface area (Å²) in [4.78, 5) is 40.5. The van der Waals surface area contributed by atoms with Gasteiger partial charge in [-0.3, -0.25) is 19.1 Å². The Bertz CT molecular complexity index is 1110. The molecule has 26 heavy (non-hydrogen) atoms. The largest absolute Gasteiger partial charge is 0.329 e. The highest BCUT2D eigenvalue weighted by molar-refractivity contribution is 6.16. The maximum Gasteiger partial charge on any atom is 0.329 e. The van der Waals surface area contributed by atoms with Crippen LogP contribution in [0.25, 0.3) is 10.8 Å². The number of aromatic nitrogens is 2. The van der Waals surface area contributed by atoms with Gasteiger partial charge in [0.15, 0.2) is 0 Å². The number of nitrogens with one attached hydrogen (secondary N) is 1. The second-order valence-corrected chi connectivity index (χ2v) is 6.43. The lowest BCUT2D eigenvalue weighted by Crippen LogP contribution is -2.37. The minimum atomic E-state index is -0.608. The van der Waals surface area contributed by atoms with Crippen molar-refractivity contribution >= 4 is 16.6 Å². The minimum Gasteiger partial charge on any atom is -0.287 e. The molecule has 1 aromatic heterocycles. The van der Waals surface area contributed by atoms with E-state index in [1.807, 2.05) is 44.2 Å². The number of hydrogen-bond donors (Lipinski definition) is 1. The van der Waals surface area contributed by atoms with E-state index in [2.05, 4.69) is 11.6 Å². The van der Waals surface area contributed by atoms with E-state index in [0.29, 0.717) is 11.1 Å². The Hall–Kier alpha value is -3.21. The highest BCUT2D eigenvalue weighted by Gasteiger charge is 2.24. The number of rotatable bonds is 5. The number of aromatic amines is 1. The fourth-order valence-electron chi connectivity index (χ4n) is 3.22. The number of allylic oxidation sites excluding steroid dienone is 1. The standard InChI is InChI=1S/C21H20N2O3/c1-4-12-23-18(17(13(2)3)20(25)22-21(23)26)19(24)16-11-7-9-14-8-5-6-10-15(14)16/h4-11,13H,1,12H2,2-3H3,(H,22,25,26). The molecule has 0 unspecified atom stereocenters. The number of hydrogen-bond acceptors (Lipinski definition) is 3. The van der Waals surface area contributed by atoms with Gasteiger partial charge in [0.2, 0.25) is 5.78 Å². The third kappa shape index (κ3) is 2.92. The number of nitrogens with zero attached hydrogens (tertiary/aromatic N) is 1. The monoisotopic (exact) mass is 348 g/mol. The van der Waals surface area contributed by atoms with Crippen LogP contribution in [-0.4, -0.2) is 15.3 Å². The summed E-state index contributed by atoms with van der Waals surface area (Å²) < 4.78 is 1.29. The van der Waals surface area contributed by atoms with Gasteiger partial charge in [0, 0.05) is 17.7 Å². The summed E-state index contributed by atoms with van der Waals surface area (Å²) in [6.07, 6.45) is 1.53. The molecule has 3 rings (SSSR count). The van der Waals surface area contributed by atoms with Crippen molar-refractivity contribution in [1.82, 2.24) is 9.55 Å².